The van der Waals surface area contributed by atoms with Crippen molar-refractivity contribution in [1.82, 2.24) is 10.1 Å². The first-order chi connectivity index (χ1) is 9.51. The van der Waals surface area contributed by atoms with Gasteiger partial charge in [-0.05, 0) is 30.7 Å². The third-order valence-corrected chi connectivity index (χ3v) is 5.94. The van der Waals surface area contributed by atoms with Crippen molar-refractivity contribution in [3.8, 4) is 0 Å². The zero-order valence-corrected chi connectivity index (χ0v) is 12.7. The molecule has 2 fully saturated rings. The van der Waals surface area contributed by atoms with Gasteiger partial charge in [-0.1, -0.05) is 25.9 Å². The molecule has 0 spiro atoms. The summed E-state index contributed by atoms with van der Waals surface area (Å²) >= 11 is 0. The van der Waals surface area contributed by atoms with Gasteiger partial charge in [0.1, 0.15) is 5.76 Å². The number of fused-ring (bicyclic) bond motifs is 2. The van der Waals surface area contributed by atoms with Gasteiger partial charge >= 0.3 is 0 Å². The zero-order chi connectivity index (χ0) is 14.0. The van der Waals surface area contributed by atoms with Crippen molar-refractivity contribution in [2.45, 2.75) is 45.1 Å². The van der Waals surface area contributed by atoms with Crippen LogP contribution in [0.3, 0.4) is 0 Å². The smallest absolute Gasteiger partial charge is 0.145 e. The molecular formula is C16H24N2O2. The molecule has 4 nitrogen and oxygen atoms in total. The van der Waals surface area contributed by atoms with Crippen LogP contribution in [0.4, 0.5) is 0 Å². The zero-order valence-electron chi connectivity index (χ0n) is 12.7. The van der Waals surface area contributed by atoms with Crippen LogP contribution in [-0.2, 0) is 16.6 Å². The van der Waals surface area contributed by atoms with Crippen LogP contribution in [0.15, 0.2) is 10.7 Å². The fourth-order valence-electron chi connectivity index (χ4n) is 4.96. The van der Waals surface area contributed by atoms with Crippen LogP contribution >= 0.6 is 0 Å². The molecule has 0 unspecified atom stereocenters. The lowest BCUT2D eigenvalue weighted by Crippen LogP contribution is -2.61. The number of aromatic nitrogens is 1. The number of nitrogens with zero attached hydrogens (tertiary/aromatic N) is 2. The second kappa shape index (κ2) is 4.08. The highest BCUT2D eigenvalue weighted by atomic mass is 16.5. The molecule has 1 aromatic heterocycles. The van der Waals surface area contributed by atoms with E-state index in [2.05, 4.69) is 30.8 Å². The Kier molecular flexibility index (Phi) is 2.62. The molecule has 0 N–H and O–H groups in total. The van der Waals surface area contributed by atoms with Crippen molar-refractivity contribution in [2.24, 2.45) is 11.3 Å². The average Bonchev–Trinajstić information content (AvgIpc) is 2.73. The Morgan fingerprint density at radius 3 is 2.80 bits per heavy atom. The van der Waals surface area contributed by atoms with Crippen LogP contribution < -0.4 is 0 Å². The van der Waals surface area contributed by atoms with Gasteiger partial charge in [-0.2, -0.15) is 0 Å². The molecular weight excluding hydrogens is 252 g/mol. The lowest BCUT2D eigenvalue weighted by atomic mass is 9.54. The molecule has 0 saturated carbocycles. The molecule has 2 aliphatic heterocycles. The summed E-state index contributed by atoms with van der Waals surface area (Å²) in [5, 5.41) is 4.06. The molecule has 110 valence electrons. The van der Waals surface area contributed by atoms with Crippen LogP contribution in [-0.4, -0.2) is 42.4 Å². The summed E-state index contributed by atoms with van der Waals surface area (Å²) in [5.74, 6) is 1.80. The van der Waals surface area contributed by atoms with Crippen molar-refractivity contribution >= 4 is 0 Å². The maximum absolute atomic E-state index is 5.59. The minimum absolute atomic E-state index is 0.0983. The van der Waals surface area contributed by atoms with Crippen LogP contribution in [0, 0.1) is 11.3 Å². The molecule has 4 rings (SSSR count). The average molecular weight is 276 g/mol. The van der Waals surface area contributed by atoms with E-state index < -0.39 is 0 Å². The molecule has 2 saturated heterocycles. The Bertz CT molecular complexity index is 520. The van der Waals surface area contributed by atoms with Crippen molar-refractivity contribution < 1.29 is 9.26 Å². The Hall–Kier alpha value is -0.870. The predicted molar refractivity (Wildman–Crippen MR) is 75.6 cm³/mol. The molecule has 0 bridgehead atoms. The second-order valence-electron chi connectivity index (χ2n) is 7.74. The van der Waals surface area contributed by atoms with Gasteiger partial charge in [0.05, 0.1) is 25.5 Å². The van der Waals surface area contributed by atoms with Gasteiger partial charge in [0.25, 0.3) is 0 Å². The third-order valence-electron chi connectivity index (χ3n) is 5.94. The van der Waals surface area contributed by atoms with Crippen LogP contribution in [0.2, 0.25) is 0 Å². The van der Waals surface area contributed by atoms with E-state index in [-0.39, 0.29) is 5.41 Å². The standard InChI is InChI=1S/C16H24N2O2/c1-15(2)13-4-5-18(12-8-19-9-12)10-16(13,3)6-11-7-17-20-14(11)15/h7,12-13H,4-6,8-10H2,1-3H3/t13-,16+/m1/s1. The van der Waals surface area contributed by atoms with E-state index in [1.54, 1.807) is 0 Å². The molecule has 1 aliphatic carbocycles. The van der Waals surface area contributed by atoms with E-state index in [1.807, 2.05) is 6.20 Å². The maximum atomic E-state index is 5.59. The molecule has 3 heterocycles. The molecule has 2 atom stereocenters. The number of ether oxygens (including phenoxy) is 1. The van der Waals surface area contributed by atoms with Gasteiger partial charge in [-0.3, -0.25) is 4.90 Å². The van der Waals surface area contributed by atoms with Gasteiger partial charge in [0.2, 0.25) is 0 Å². The lowest BCUT2D eigenvalue weighted by molar-refractivity contribution is -0.109. The minimum Gasteiger partial charge on any atom is -0.378 e. The summed E-state index contributed by atoms with van der Waals surface area (Å²) in [4.78, 5) is 2.65. The SMILES string of the molecule is CC1(C)c2oncc2C[C@@]2(C)CN(C3COC3)CC[C@H]12. The predicted octanol–water partition coefficient (Wildman–Crippen LogP) is 2.24. The highest BCUT2D eigenvalue weighted by Crippen LogP contribution is 2.54. The van der Waals surface area contributed by atoms with Crippen molar-refractivity contribution in [3.63, 3.8) is 0 Å². The van der Waals surface area contributed by atoms with Gasteiger partial charge < -0.3 is 9.26 Å². The molecule has 0 aromatic carbocycles. The lowest BCUT2D eigenvalue weighted by Gasteiger charge is -2.56. The van der Waals surface area contributed by atoms with Crippen LogP contribution in [0.1, 0.15) is 38.5 Å². The Morgan fingerprint density at radius 2 is 2.10 bits per heavy atom. The number of rotatable bonds is 1. The minimum atomic E-state index is 0.0983. The maximum Gasteiger partial charge on any atom is 0.145 e. The Balaban J connectivity index is 1.67. The number of hydrogen-bond acceptors (Lipinski definition) is 4. The summed E-state index contributed by atoms with van der Waals surface area (Å²) in [6.45, 7) is 11.3. The number of hydrogen-bond donors (Lipinski definition) is 0. The van der Waals surface area contributed by atoms with E-state index in [0.717, 1.165) is 25.4 Å². The topological polar surface area (TPSA) is 38.5 Å². The highest BCUT2D eigenvalue weighted by molar-refractivity contribution is 5.30. The molecule has 4 heteroatoms. The Labute approximate surface area is 120 Å². The normalized spacial score (nSPS) is 37.0. The summed E-state index contributed by atoms with van der Waals surface area (Å²) < 4.78 is 11.0. The fourth-order valence-corrected chi connectivity index (χ4v) is 4.96. The van der Waals surface area contributed by atoms with Crippen molar-refractivity contribution in [2.75, 3.05) is 26.3 Å². The van der Waals surface area contributed by atoms with Gasteiger partial charge in [-0.15, -0.1) is 0 Å². The first-order valence-electron chi connectivity index (χ1n) is 7.76. The van der Waals surface area contributed by atoms with Crippen LogP contribution in [0.25, 0.3) is 0 Å². The van der Waals surface area contributed by atoms with Gasteiger partial charge in [0.15, 0.2) is 0 Å². The molecule has 1 aromatic rings. The number of piperidine rings is 1. The summed E-state index contributed by atoms with van der Waals surface area (Å²) in [6.07, 6.45) is 4.29. The molecule has 0 amide bonds. The molecule has 20 heavy (non-hydrogen) atoms. The highest BCUT2D eigenvalue weighted by Gasteiger charge is 2.54. The van der Waals surface area contributed by atoms with E-state index in [0.29, 0.717) is 17.4 Å². The van der Waals surface area contributed by atoms with E-state index in [4.69, 9.17) is 9.26 Å². The van der Waals surface area contributed by atoms with E-state index >= 15 is 0 Å². The molecule has 3 aliphatic rings. The largest absolute Gasteiger partial charge is 0.378 e. The Morgan fingerprint density at radius 1 is 1.30 bits per heavy atom. The van der Waals surface area contributed by atoms with Crippen LogP contribution in [0.5, 0.6) is 0 Å². The van der Waals surface area contributed by atoms with Crippen molar-refractivity contribution in [1.29, 1.82) is 0 Å². The summed E-state index contributed by atoms with van der Waals surface area (Å²) in [5.41, 5.74) is 1.75. The fraction of sp³-hybridized carbons (Fsp3) is 0.812. The molecule has 0 radical (unpaired) electrons. The van der Waals surface area contributed by atoms with Gasteiger partial charge in [0, 0.05) is 17.5 Å². The number of likely N-dealkylation sites (tertiary alicyclic amines) is 1. The second-order valence-corrected chi connectivity index (χ2v) is 7.74. The van der Waals surface area contributed by atoms with Gasteiger partial charge in [-0.25, -0.2) is 0 Å². The third kappa shape index (κ3) is 1.64. The first kappa shape index (κ1) is 12.8. The monoisotopic (exact) mass is 276 g/mol. The van der Waals surface area contributed by atoms with Crippen molar-refractivity contribution in [3.05, 3.63) is 17.5 Å². The van der Waals surface area contributed by atoms with E-state index in [9.17, 15) is 0 Å². The quantitative estimate of drug-likeness (QED) is 0.788. The first-order valence-corrected chi connectivity index (χ1v) is 7.76. The summed E-state index contributed by atoms with van der Waals surface area (Å²) in [6, 6.07) is 0.653. The van der Waals surface area contributed by atoms with E-state index in [1.165, 1.54) is 25.1 Å². The summed E-state index contributed by atoms with van der Waals surface area (Å²) in [7, 11) is 0.